The minimum absolute atomic E-state index is 0.0147. The van der Waals surface area contributed by atoms with Crippen molar-refractivity contribution < 1.29 is 27.8 Å². The molecule has 0 saturated heterocycles. The van der Waals surface area contributed by atoms with Crippen LogP contribution in [0.4, 0.5) is 24.5 Å². The summed E-state index contributed by atoms with van der Waals surface area (Å²) in [6, 6.07) is 13.6. The first-order valence-electron chi connectivity index (χ1n) is 9.82. The Balaban J connectivity index is 1.47. The number of hydrogen-bond acceptors (Lipinski definition) is 7. The van der Waals surface area contributed by atoms with Crippen molar-refractivity contribution in [3.8, 4) is 23.4 Å². The number of nitrogens with zero attached hydrogens (tertiary/aromatic N) is 4. The van der Waals surface area contributed by atoms with E-state index in [1.807, 2.05) is 11.9 Å². The minimum atomic E-state index is -4.39. The van der Waals surface area contributed by atoms with Crippen molar-refractivity contribution in [2.24, 2.45) is 0 Å². The molecule has 0 spiro atoms. The summed E-state index contributed by atoms with van der Waals surface area (Å²) >= 11 is 0. The van der Waals surface area contributed by atoms with Gasteiger partial charge in [0, 0.05) is 24.6 Å². The van der Waals surface area contributed by atoms with Crippen LogP contribution >= 0.6 is 0 Å². The van der Waals surface area contributed by atoms with E-state index < -0.39 is 12.8 Å². The molecule has 33 heavy (non-hydrogen) atoms. The van der Waals surface area contributed by atoms with Crippen LogP contribution in [0.2, 0.25) is 0 Å². The van der Waals surface area contributed by atoms with Crippen molar-refractivity contribution in [3.63, 3.8) is 0 Å². The molecule has 0 aliphatic heterocycles. The van der Waals surface area contributed by atoms with Crippen molar-refractivity contribution in [3.05, 3.63) is 66.5 Å². The van der Waals surface area contributed by atoms with Gasteiger partial charge < -0.3 is 19.5 Å². The van der Waals surface area contributed by atoms with E-state index >= 15 is 0 Å². The standard InChI is InChI=1S/C23H19F3N4O3/c1-14-11-16(5-8-20(14)32-13-23(24,25)26)30(2)15-3-6-17(7-4-15)33-22-28-19-12-27-10-9-18(19)21(31)29-22/h3-12H,13H2,1-2H3,(H,28,29,31). The first-order valence-corrected chi connectivity index (χ1v) is 9.82. The number of pyridine rings is 1. The summed E-state index contributed by atoms with van der Waals surface area (Å²) < 4.78 is 47.7. The molecule has 1 N–H and O–H groups in total. The van der Waals surface area contributed by atoms with Gasteiger partial charge in [-0.2, -0.15) is 23.1 Å². The second kappa shape index (κ2) is 8.81. The van der Waals surface area contributed by atoms with Crippen LogP contribution in [0, 0.1) is 6.92 Å². The van der Waals surface area contributed by atoms with Crippen LogP contribution in [-0.2, 0) is 0 Å². The summed E-state index contributed by atoms with van der Waals surface area (Å²) in [6.45, 7) is 0.355. The molecule has 2 heterocycles. The lowest BCUT2D eigenvalue weighted by Gasteiger charge is -2.21. The highest BCUT2D eigenvalue weighted by molar-refractivity contribution is 5.82. The predicted molar refractivity (Wildman–Crippen MR) is 116 cm³/mol. The van der Waals surface area contributed by atoms with Crippen molar-refractivity contribution >= 4 is 22.3 Å². The van der Waals surface area contributed by atoms with Crippen LogP contribution in [0.25, 0.3) is 10.9 Å². The molecule has 10 heteroatoms. The molecule has 0 bridgehead atoms. The molecule has 0 fully saturated rings. The molecule has 2 aromatic heterocycles. The molecular weight excluding hydrogens is 437 g/mol. The lowest BCUT2D eigenvalue weighted by atomic mass is 10.1. The van der Waals surface area contributed by atoms with E-state index in [1.165, 1.54) is 18.5 Å². The van der Waals surface area contributed by atoms with Crippen molar-refractivity contribution in [2.45, 2.75) is 13.1 Å². The number of aryl methyl sites for hydroxylation is 1. The SMILES string of the molecule is Cc1cc(N(C)c2ccc(Oc3nc(O)c4ccncc4n3)cc2)ccc1OCC(F)(F)F. The number of anilines is 2. The molecule has 7 nitrogen and oxygen atoms in total. The zero-order valence-corrected chi connectivity index (χ0v) is 17.7. The molecule has 0 radical (unpaired) electrons. The zero-order valence-electron chi connectivity index (χ0n) is 17.7. The van der Waals surface area contributed by atoms with Crippen molar-refractivity contribution in [1.29, 1.82) is 0 Å². The summed E-state index contributed by atoms with van der Waals surface area (Å²) in [6.07, 6.45) is -1.35. The predicted octanol–water partition coefficient (Wildman–Crippen LogP) is 5.54. The van der Waals surface area contributed by atoms with Crippen LogP contribution in [0.5, 0.6) is 23.4 Å². The monoisotopic (exact) mass is 456 g/mol. The number of alkyl halides is 3. The molecule has 0 amide bonds. The third-order valence-electron chi connectivity index (χ3n) is 4.83. The van der Waals surface area contributed by atoms with Crippen LogP contribution in [0.1, 0.15) is 5.56 Å². The van der Waals surface area contributed by atoms with Crippen LogP contribution in [-0.4, -0.2) is 39.9 Å². The van der Waals surface area contributed by atoms with Gasteiger partial charge in [-0.3, -0.25) is 4.98 Å². The maximum absolute atomic E-state index is 12.4. The molecule has 4 aromatic rings. The Morgan fingerprint density at radius 1 is 1.00 bits per heavy atom. The molecule has 0 aliphatic carbocycles. The fourth-order valence-corrected chi connectivity index (χ4v) is 3.14. The number of aromatic hydroxyl groups is 1. The first kappa shape index (κ1) is 22.1. The Bertz CT molecular complexity index is 1280. The number of fused-ring (bicyclic) bond motifs is 1. The van der Waals surface area contributed by atoms with E-state index in [2.05, 4.69) is 15.0 Å². The van der Waals surface area contributed by atoms with E-state index in [0.29, 0.717) is 22.2 Å². The maximum Gasteiger partial charge on any atom is 0.422 e. The molecule has 170 valence electrons. The summed E-state index contributed by atoms with van der Waals surface area (Å²) in [4.78, 5) is 14.0. The van der Waals surface area contributed by atoms with Gasteiger partial charge in [-0.15, -0.1) is 0 Å². The van der Waals surface area contributed by atoms with Crippen LogP contribution in [0.15, 0.2) is 60.9 Å². The Morgan fingerprint density at radius 3 is 2.42 bits per heavy atom. The Hall–Kier alpha value is -4.08. The zero-order chi connectivity index (χ0) is 23.6. The third-order valence-corrected chi connectivity index (χ3v) is 4.83. The highest BCUT2D eigenvalue weighted by Crippen LogP contribution is 2.31. The number of benzene rings is 2. The largest absolute Gasteiger partial charge is 0.493 e. The second-order valence-electron chi connectivity index (χ2n) is 7.23. The molecular formula is C23H19F3N4O3. The average molecular weight is 456 g/mol. The first-order chi connectivity index (χ1) is 15.7. The van der Waals surface area contributed by atoms with E-state index in [4.69, 9.17) is 9.47 Å². The highest BCUT2D eigenvalue weighted by atomic mass is 19.4. The summed E-state index contributed by atoms with van der Waals surface area (Å²) in [5, 5.41) is 10.5. The number of aromatic nitrogens is 3. The van der Waals surface area contributed by atoms with Gasteiger partial charge >= 0.3 is 12.2 Å². The highest BCUT2D eigenvalue weighted by Gasteiger charge is 2.28. The fraction of sp³-hybridized carbons (Fsp3) is 0.174. The Kier molecular flexibility index (Phi) is 5.91. The van der Waals surface area contributed by atoms with Gasteiger partial charge in [-0.1, -0.05) is 0 Å². The molecule has 0 saturated carbocycles. The minimum Gasteiger partial charge on any atom is -0.493 e. The number of hydrogen-bond donors (Lipinski definition) is 1. The smallest absolute Gasteiger partial charge is 0.422 e. The summed E-state index contributed by atoms with van der Waals surface area (Å²) in [7, 11) is 1.83. The maximum atomic E-state index is 12.4. The fourth-order valence-electron chi connectivity index (χ4n) is 3.14. The number of halogens is 3. The van der Waals surface area contributed by atoms with Gasteiger partial charge in [0.05, 0.1) is 17.1 Å². The topological polar surface area (TPSA) is 80.6 Å². The summed E-state index contributed by atoms with van der Waals surface area (Å²) in [5.74, 6) is 0.440. The lowest BCUT2D eigenvalue weighted by Crippen LogP contribution is -2.19. The Labute approximate surface area is 187 Å². The van der Waals surface area contributed by atoms with E-state index in [-0.39, 0.29) is 17.6 Å². The van der Waals surface area contributed by atoms with Crippen molar-refractivity contribution in [1.82, 2.24) is 15.0 Å². The normalized spacial score (nSPS) is 11.4. The van der Waals surface area contributed by atoms with Gasteiger partial charge in [-0.05, 0) is 61.0 Å². The second-order valence-corrected chi connectivity index (χ2v) is 7.23. The molecule has 0 atom stereocenters. The van der Waals surface area contributed by atoms with Gasteiger partial charge in [0.15, 0.2) is 6.61 Å². The van der Waals surface area contributed by atoms with E-state index in [9.17, 15) is 18.3 Å². The molecule has 0 aliphatic rings. The average Bonchev–Trinajstić information content (AvgIpc) is 2.78. The van der Waals surface area contributed by atoms with Gasteiger partial charge in [0.25, 0.3) is 0 Å². The third kappa shape index (κ3) is 5.22. The summed E-state index contributed by atoms with van der Waals surface area (Å²) in [5.41, 5.74) is 2.63. The van der Waals surface area contributed by atoms with Crippen molar-refractivity contribution in [2.75, 3.05) is 18.6 Å². The quantitative estimate of drug-likeness (QED) is 0.408. The molecule has 4 rings (SSSR count). The van der Waals surface area contributed by atoms with Gasteiger partial charge in [0.1, 0.15) is 11.5 Å². The number of ether oxygens (including phenoxy) is 2. The van der Waals surface area contributed by atoms with Gasteiger partial charge in [-0.25, -0.2) is 0 Å². The Morgan fingerprint density at radius 2 is 1.73 bits per heavy atom. The molecule has 0 unspecified atom stereocenters. The van der Waals surface area contributed by atoms with Gasteiger partial charge in [0.2, 0.25) is 5.88 Å². The number of rotatable bonds is 6. The van der Waals surface area contributed by atoms with Crippen LogP contribution in [0.3, 0.4) is 0 Å². The van der Waals surface area contributed by atoms with E-state index in [0.717, 1.165) is 11.4 Å². The lowest BCUT2D eigenvalue weighted by molar-refractivity contribution is -0.153. The molecule has 2 aromatic carbocycles. The van der Waals surface area contributed by atoms with Crippen LogP contribution < -0.4 is 14.4 Å². The van der Waals surface area contributed by atoms with E-state index in [1.54, 1.807) is 49.4 Å².